The molecule has 1 aromatic carbocycles. The number of H-pyrrole nitrogens is 1. The Morgan fingerprint density at radius 2 is 1.91 bits per heavy atom. The van der Waals surface area contributed by atoms with Crippen LogP contribution in [0.2, 0.25) is 0 Å². The number of morpholine rings is 1. The van der Waals surface area contributed by atoms with Gasteiger partial charge in [-0.25, -0.2) is 13.4 Å². The van der Waals surface area contributed by atoms with Crippen molar-refractivity contribution < 1.29 is 17.9 Å². The van der Waals surface area contributed by atoms with Gasteiger partial charge in [-0.15, -0.1) is 0 Å². The Balaban J connectivity index is 1.43. The van der Waals surface area contributed by atoms with Crippen molar-refractivity contribution >= 4 is 26.8 Å². The quantitative estimate of drug-likeness (QED) is 0.442. The van der Waals surface area contributed by atoms with Gasteiger partial charge in [0, 0.05) is 54.4 Å². The van der Waals surface area contributed by atoms with E-state index >= 15 is 0 Å². The Labute approximate surface area is 191 Å². The van der Waals surface area contributed by atoms with Gasteiger partial charge in [0.25, 0.3) is 0 Å². The summed E-state index contributed by atoms with van der Waals surface area (Å²) in [6.07, 6.45) is 7.05. The third-order valence-corrected chi connectivity index (χ3v) is 7.57. The van der Waals surface area contributed by atoms with Crippen LogP contribution >= 0.6 is 0 Å². The summed E-state index contributed by atoms with van der Waals surface area (Å²) in [6, 6.07) is 12.3. The van der Waals surface area contributed by atoms with Gasteiger partial charge in [0.15, 0.2) is 5.78 Å². The van der Waals surface area contributed by atoms with Crippen LogP contribution in [0.4, 0.5) is 0 Å². The van der Waals surface area contributed by atoms with Crippen LogP contribution in [0.25, 0.3) is 11.0 Å². The van der Waals surface area contributed by atoms with E-state index < -0.39 is 10.0 Å². The first-order chi connectivity index (χ1) is 16.0. The van der Waals surface area contributed by atoms with Gasteiger partial charge >= 0.3 is 0 Å². The summed E-state index contributed by atoms with van der Waals surface area (Å²) in [5, 5.41) is 0.721. The maximum absolute atomic E-state index is 13.0. The maximum Gasteiger partial charge on any atom is 0.243 e. The van der Waals surface area contributed by atoms with Crippen molar-refractivity contribution in [2.24, 2.45) is 0 Å². The highest BCUT2D eigenvalue weighted by Crippen LogP contribution is 2.24. The fourth-order valence-electron chi connectivity index (χ4n) is 3.97. The minimum absolute atomic E-state index is 0.132. The average molecular weight is 463 g/mol. The van der Waals surface area contributed by atoms with Crippen LogP contribution in [-0.4, -0.2) is 59.8 Å². The number of benzene rings is 1. The number of ether oxygens (including phenoxy) is 1. The van der Waals surface area contributed by atoms with E-state index in [2.05, 4.69) is 15.0 Å². The third kappa shape index (κ3) is 4.30. The molecule has 0 saturated carbocycles. The van der Waals surface area contributed by atoms with E-state index in [-0.39, 0.29) is 10.7 Å². The number of carbonyl (C=O) groups excluding carboxylic acids is 1. The van der Waals surface area contributed by atoms with Gasteiger partial charge in [0.1, 0.15) is 5.65 Å². The summed E-state index contributed by atoms with van der Waals surface area (Å²) in [7, 11) is -3.57. The monoisotopic (exact) mass is 462 g/mol. The van der Waals surface area contributed by atoms with E-state index in [1.54, 1.807) is 55.1 Å². The zero-order valence-corrected chi connectivity index (χ0v) is 18.6. The van der Waals surface area contributed by atoms with Crippen LogP contribution in [-0.2, 0) is 21.2 Å². The van der Waals surface area contributed by atoms with E-state index in [0.29, 0.717) is 49.5 Å². The first kappa shape index (κ1) is 21.4. The predicted molar refractivity (Wildman–Crippen MR) is 123 cm³/mol. The Kier molecular flexibility index (Phi) is 5.76. The van der Waals surface area contributed by atoms with E-state index in [1.165, 1.54) is 4.31 Å². The van der Waals surface area contributed by atoms with Crippen molar-refractivity contribution in [3.8, 4) is 0 Å². The molecule has 0 amide bonds. The molecule has 1 saturated heterocycles. The normalized spacial score (nSPS) is 15.0. The number of rotatable bonds is 6. The first-order valence-electron chi connectivity index (χ1n) is 10.6. The van der Waals surface area contributed by atoms with Crippen molar-refractivity contribution in [1.29, 1.82) is 0 Å². The van der Waals surface area contributed by atoms with Crippen LogP contribution in [0, 0.1) is 0 Å². The number of hydrogen-bond donors (Lipinski definition) is 1. The lowest BCUT2D eigenvalue weighted by molar-refractivity contribution is 0.0730. The second-order valence-corrected chi connectivity index (χ2v) is 9.79. The molecule has 168 valence electrons. The number of nitrogens with one attached hydrogen (secondary N) is 1. The van der Waals surface area contributed by atoms with Crippen LogP contribution in [0.5, 0.6) is 0 Å². The molecule has 1 fully saturated rings. The standard InChI is InChI=1S/C24H22N4O4S/c29-23(19-4-2-6-25-15-19)22-16-27-24-21(22)13-18(14-26-24)11-17-3-1-5-20(12-17)33(30,31)28-7-9-32-10-8-28/h1-6,12-16H,7-11H2,(H,26,27). The largest absolute Gasteiger partial charge is 0.379 e. The highest BCUT2D eigenvalue weighted by atomic mass is 32.2. The fraction of sp³-hybridized carbons (Fsp3) is 0.208. The number of sulfonamides is 1. The second-order valence-electron chi connectivity index (χ2n) is 7.85. The van der Waals surface area contributed by atoms with Gasteiger partial charge in [-0.3, -0.25) is 9.78 Å². The molecule has 0 bridgehead atoms. The molecule has 0 spiro atoms. The van der Waals surface area contributed by atoms with Crippen molar-refractivity contribution in [2.45, 2.75) is 11.3 Å². The topological polar surface area (TPSA) is 105 Å². The van der Waals surface area contributed by atoms with Gasteiger partial charge in [-0.05, 0) is 47.9 Å². The van der Waals surface area contributed by atoms with Gasteiger partial charge in [-0.1, -0.05) is 12.1 Å². The highest BCUT2D eigenvalue weighted by Gasteiger charge is 2.26. The summed E-state index contributed by atoms with van der Waals surface area (Å²) in [4.78, 5) is 24.7. The van der Waals surface area contributed by atoms with Crippen molar-refractivity contribution in [3.05, 3.63) is 89.5 Å². The molecule has 0 aliphatic carbocycles. The molecule has 5 rings (SSSR count). The SMILES string of the molecule is O=C(c1cccnc1)c1c[nH]c2ncc(Cc3cccc(S(=O)(=O)N4CCOCC4)c3)cc12. The summed E-state index contributed by atoms with van der Waals surface area (Å²) in [5.41, 5.74) is 3.37. The van der Waals surface area contributed by atoms with Gasteiger partial charge in [-0.2, -0.15) is 4.31 Å². The first-order valence-corrected chi connectivity index (χ1v) is 12.0. The lowest BCUT2D eigenvalue weighted by Gasteiger charge is -2.26. The van der Waals surface area contributed by atoms with Gasteiger partial charge < -0.3 is 9.72 Å². The number of nitrogens with zero attached hydrogens (tertiary/aromatic N) is 3. The van der Waals surface area contributed by atoms with Crippen molar-refractivity contribution in [1.82, 2.24) is 19.3 Å². The molecule has 4 aromatic rings. The lowest BCUT2D eigenvalue weighted by Crippen LogP contribution is -2.40. The molecule has 1 N–H and O–H groups in total. The Bertz CT molecular complexity index is 1410. The number of ketones is 1. The lowest BCUT2D eigenvalue weighted by atomic mass is 10.0. The molecule has 8 nitrogen and oxygen atoms in total. The van der Waals surface area contributed by atoms with Crippen LogP contribution < -0.4 is 0 Å². The predicted octanol–water partition coefficient (Wildman–Crippen LogP) is 2.80. The highest BCUT2D eigenvalue weighted by molar-refractivity contribution is 7.89. The number of hydrogen-bond acceptors (Lipinski definition) is 6. The molecule has 4 heterocycles. The Morgan fingerprint density at radius 3 is 2.70 bits per heavy atom. The van der Waals surface area contributed by atoms with E-state index in [4.69, 9.17) is 4.74 Å². The number of pyridine rings is 2. The minimum Gasteiger partial charge on any atom is -0.379 e. The fourth-order valence-corrected chi connectivity index (χ4v) is 5.45. The molecular weight excluding hydrogens is 440 g/mol. The molecule has 1 aliphatic heterocycles. The third-order valence-electron chi connectivity index (χ3n) is 5.67. The average Bonchev–Trinajstić information content (AvgIpc) is 3.28. The summed E-state index contributed by atoms with van der Waals surface area (Å²) >= 11 is 0. The zero-order chi connectivity index (χ0) is 22.8. The van der Waals surface area contributed by atoms with Crippen molar-refractivity contribution in [3.63, 3.8) is 0 Å². The number of aromatic amines is 1. The van der Waals surface area contributed by atoms with E-state index in [1.807, 2.05) is 12.1 Å². The second kappa shape index (κ2) is 8.86. The maximum atomic E-state index is 13.0. The molecule has 0 radical (unpaired) electrons. The van der Waals surface area contributed by atoms with E-state index in [0.717, 1.165) is 16.5 Å². The van der Waals surface area contributed by atoms with Crippen LogP contribution in [0.3, 0.4) is 0 Å². The van der Waals surface area contributed by atoms with Crippen LogP contribution in [0.1, 0.15) is 27.0 Å². The Morgan fingerprint density at radius 1 is 1.06 bits per heavy atom. The molecule has 33 heavy (non-hydrogen) atoms. The van der Waals surface area contributed by atoms with Crippen LogP contribution in [0.15, 0.2) is 72.1 Å². The van der Waals surface area contributed by atoms with E-state index in [9.17, 15) is 13.2 Å². The molecular formula is C24H22N4O4S. The minimum atomic E-state index is -3.57. The van der Waals surface area contributed by atoms with Crippen molar-refractivity contribution in [2.75, 3.05) is 26.3 Å². The zero-order valence-electron chi connectivity index (χ0n) is 17.8. The summed E-state index contributed by atoms with van der Waals surface area (Å²) < 4.78 is 32.7. The summed E-state index contributed by atoms with van der Waals surface area (Å²) in [6.45, 7) is 1.52. The molecule has 9 heteroatoms. The number of fused-ring (bicyclic) bond motifs is 1. The number of carbonyl (C=O) groups is 1. The number of aromatic nitrogens is 3. The molecule has 0 unspecified atom stereocenters. The molecule has 0 atom stereocenters. The molecule has 3 aromatic heterocycles. The van der Waals surface area contributed by atoms with Gasteiger partial charge in [0.2, 0.25) is 10.0 Å². The summed E-state index contributed by atoms with van der Waals surface area (Å²) in [5.74, 6) is -0.132. The Hall–Kier alpha value is -3.40. The molecule has 1 aliphatic rings. The van der Waals surface area contributed by atoms with Gasteiger partial charge in [0.05, 0.1) is 18.1 Å². The smallest absolute Gasteiger partial charge is 0.243 e.